The molecule has 1 fully saturated rings. The van der Waals surface area contributed by atoms with Crippen LogP contribution >= 0.6 is 11.6 Å². The summed E-state index contributed by atoms with van der Waals surface area (Å²) in [5.74, 6) is 0.318. The molecule has 1 aromatic rings. The molecule has 17 heavy (non-hydrogen) atoms. The molecule has 0 amide bonds. The Kier molecular flexibility index (Phi) is 4.41. The Morgan fingerprint density at radius 2 is 2.24 bits per heavy atom. The summed E-state index contributed by atoms with van der Waals surface area (Å²) >= 11 is 5.75. The fourth-order valence-electron chi connectivity index (χ4n) is 1.87. The molecule has 1 aromatic carbocycles. The standard InChI is InChI=1S/C14H19ClFN/c1-10(9-17-12-5-6-12)2-3-11-4-7-14(16)13(15)8-11/h4,7-8,10,12,17H,2-3,5-6,9H2,1H3. The van der Waals surface area contributed by atoms with Crippen molar-refractivity contribution in [2.75, 3.05) is 6.54 Å². The first-order chi connectivity index (χ1) is 8.15. The summed E-state index contributed by atoms with van der Waals surface area (Å²) in [5, 5.41) is 3.76. The molecule has 2 rings (SSSR count). The van der Waals surface area contributed by atoms with Crippen LogP contribution in [0.4, 0.5) is 4.39 Å². The summed E-state index contributed by atoms with van der Waals surface area (Å²) < 4.78 is 13.0. The van der Waals surface area contributed by atoms with Gasteiger partial charge in [-0.25, -0.2) is 4.39 Å². The summed E-state index contributed by atoms with van der Waals surface area (Å²) in [6.07, 6.45) is 4.75. The normalized spacial score (nSPS) is 17.1. The Morgan fingerprint density at radius 1 is 1.47 bits per heavy atom. The third kappa shape index (κ3) is 4.29. The minimum absolute atomic E-state index is 0.228. The number of hydrogen-bond acceptors (Lipinski definition) is 1. The van der Waals surface area contributed by atoms with Crippen molar-refractivity contribution in [3.63, 3.8) is 0 Å². The van der Waals surface area contributed by atoms with E-state index in [0.717, 1.165) is 31.0 Å². The van der Waals surface area contributed by atoms with Crippen LogP contribution < -0.4 is 5.32 Å². The average Bonchev–Trinajstić information content (AvgIpc) is 3.12. The molecule has 0 heterocycles. The first kappa shape index (κ1) is 12.8. The van der Waals surface area contributed by atoms with Gasteiger partial charge in [0, 0.05) is 6.04 Å². The summed E-state index contributed by atoms with van der Waals surface area (Å²) in [6, 6.07) is 5.78. The van der Waals surface area contributed by atoms with Gasteiger partial charge in [0.05, 0.1) is 5.02 Å². The number of benzene rings is 1. The molecule has 0 spiro atoms. The highest BCUT2D eigenvalue weighted by atomic mass is 35.5. The minimum Gasteiger partial charge on any atom is -0.314 e. The largest absolute Gasteiger partial charge is 0.314 e. The monoisotopic (exact) mass is 255 g/mol. The fraction of sp³-hybridized carbons (Fsp3) is 0.571. The van der Waals surface area contributed by atoms with Gasteiger partial charge in [0.15, 0.2) is 0 Å². The molecule has 1 atom stereocenters. The van der Waals surface area contributed by atoms with Crippen LogP contribution in [-0.2, 0) is 6.42 Å². The smallest absolute Gasteiger partial charge is 0.141 e. The topological polar surface area (TPSA) is 12.0 Å². The van der Waals surface area contributed by atoms with Crippen LogP contribution in [0.15, 0.2) is 18.2 Å². The van der Waals surface area contributed by atoms with Crippen LogP contribution in [0.2, 0.25) is 5.02 Å². The molecule has 1 unspecified atom stereocenters. The highest BCUT2D eigenvalue weighted by molar-refractivity contribution is 6.30. The van der Waals surface area contributed by atoms with Gasteiger partial charge in [-0.3, -0.25) is 0 Å². The van der Waals surface area contributed by atoms with Crippen LogP contribution in [0.3, 0.4) is 0 Å². The number of nitrogens with one attached hydrogen (secondary N) is 1. The van der Waals surface area contributed by atoms with E-state index in [0.29, 0.717) is 5.92 Å². The molecule has 1 N–H and O–H groups in total. The number of aryl methyl sites for hydroxylation is 1. The predicted molar refractivity (Wildman–Crippen MR) is 69.9 cm³/mol. The van der Waals surface area contributed by atoms with E-state index in [-0.39, 0.29) is 10.8 Å². The molecular weight excluding hydrogens is 237 g/mol. The van der Waals surface area contributed by atoms with E-state index in [2.05, 4.69) is 12.2 Å². The maximum atomic E-state index is 13.0. The second-order valence-corrected chi connectivity index (χ2v) is 5.48. The Bertz CT molecular complexity index is 376. The molecular formula is C14H19ClFN. The Balaban J connectivity index is 1.73. The lowest BCUT2D eigenvalue weighted by molar-refractivity contribution is 0.479. The van der Waals surface area contributed by atoms with Gasteiger partial charge in [-0.05, 0) is 55.8 Å². The Hall–Kier alpha value is -0.600. The predicted octanol–water partition coefficient (Wildman–Crippen LogP) is 3.80. The lowest BCUT2D eigenvalue weighted by Gasteiger charge is -2.12. The van der Waals surface area contributed by atoms with E-state index in [1.54, 1.807) is 6.07 Å². The number of rotatable bonds is 6. The first-order valence-electron chi connectivity index (χ1n) is 6.32. The van der Waals surface area contributed by atoms with Crippen molar-refractivity contribution in [1.82, 2.24) is 5.32 Å². The zero-order valence-electron chi connectivity index (χ0n) is 10.2. The molecule has 1 saturated carbocycles. The van der Waals surface area contributed by atoms with Gasteiger partial charge in [-0.15, -0.1) is 0 Å². The lowest BCUT2D eigenvalue weighted by Crippen LogP contribution is -2.23. The quantitative estimate of drug-likeness (QED) is 0.815. The van der Waals surface area contributed by atoms with Gasteiger partial charge < -0.3 is 5.32 Å². The van der Waals surface area contributed by atoms with E-state index < -0.39 is 0 Å². The van der Waals surface area contributed by atoms with E-state index in [1.807, 2.05) is 6.07 Å². The van der Waals surface area contributed by atoms with E-state index in [4.69, 9.17) is 11.6 Å². The minimum atomic E-state index is -0.334. The summed E-state index contributed by atoms with van der Waals surface area (Å²) in [6.45, 7) is 3.33. The third-order valence-corrected chi connectivity index (χ3v) is 3.53. The molecule has 94 valence electrons. The lowest BCUT2D eigenvalue weighted by atomic mass is 10.0. The molecule has 1 aliphatic rings. The highest BCUT2D eigenvalue weighted by Crippen LogP contribution is 2.20. The van der Waals surface area contributed by atoms with E-state index >= 15 is 0 Å². The van der Waals surface area contributed by atoms with Gasteiger partial charge in [0.2, 0.25) is 0 Å². The third-order valence-electron chi connectivity index (χ3n) is 3.24. The Morgan fingerprint density at radius 3 is 2.88 bits per heavy atom. The summed E-state index contributed by atoms with van der Waals surface area (Å²) in [5.41, 5.74) is 1.12. The molecule has 0 saturated heterocycles. The van der Waals surface area contributed by atoms with Crippen LogP contribution in [-0.4, -0.2) is 12.6 Å². The van der Waals surface area contributed by atoms with Crippen molar-refractivity contribution in [3.05, 3.63) is 34.6 Å². The van der Waals surface area contributed by atoms with Crippen LogP contribution in [0, 0.1) is 11.7 Å². The van der Waals surface area contributed by atoms with E-state index in [9.17, 15) is 4.39 Å². The molecule has 0 aliphatic heterocycles. The molecule has 3 heteroatoms. The van der Waals surface area contributed by atoms with Gasteiger partial charge in [-0.1, -0.05) is 24.6 Å². The van der Waals surface area contributed by atoms with Crippen molar-refractivity contribution >= 4 is 11.6 Å². The zero-order chi connectivity index (χ0) is 12.3. The maximum absolute atomic E-state index is 13.0. The van der Waals surface area contributed by atoms with Crippen molar-refractivity contribution in [2.24, 2.45) is 5.92 Å². The van der Waals surface area contributed by atoms with Crippen molar-refractivity contribution < 1.29 is 4.39 Å². The fourth-order valence-corrected chi connectivity index (χ4v) is 2.07. The average molecular weight is 256 g/mol. The Labute approximate surface area is 107 Å². The van der Waals surface area contributed by atoms with Crippen molar-refractivity contribution in [3.8, 4) is 0 Å². The summed E-state index contributed by atoms with van der Waals surface area (Å²) in [4.78, 5) is 0. The van der Waals surface area contributed by atoms with Crippen molar-refractivity contribution in [1.29, 1.82) is 0 Å². The van der Waals surface area contributed by atoms with Gasteiger partial charge in [0.25, 0.3) is 0 Å². The molecule has 0 bridgehead atoms. The van der Waals surface area contributed by atoms with Crippen LogP contribution in [0.1, 0.15) is 31.7 Å². The van der Waals surface area contributed by atoms with Crippen LogP contribution in [0.5, 0.6) is 0 Å². The van der Waals surface area contributed by atoms with Gasteiger partial charge in [-0.2, -0.15) is 0 Å². The second-order valence-electron chi connectivity index (χ2n) is 5.07. The SMILES string of the molecule is CC(CCc1ccc(F)c(Cl)c1)CNC1CC1. The maximum Gasteiger partial charge on any atom is 0.141 e. The van der Waals surface area contributed by atoms with E-state index in [1.165, 1.54) is 18.9 Å². The summed E-state index contributed by atoms with van der Waals surface area (Å²) in [7, 11) is 0. The zero-order valence-corrected chi connectivity index (χ0v) is 10.9. The van der Waals surface area contributed by atoms with Crippen LogP contribution in [0.25, 0.3) is 0 Å². The molecule has 1 nitrogen and oxygen atoms in total. The molecule has 1 aliphatic carbocycles. The number of hydrogen-bond donors (Lipinski definition) is 1. The molecule has 0 aromatic heterocycles. The molecule has 0 radical (unpaired) electrons. The highest BCUT2D eigenvalue weighted by Gasteiger charge is 2.20. The number of halogens is 2. The first-order valence-corrected chi connectivity index (χ1v) is 6.70. The van der Waals surface area contributed by atoms with Gasteiger partial charge in [0.1, 0.15) is 5.82 Å². The second kappa shape index (κ2) is 5.83. The van der Waals surface area contributed by atoms with Crippen molar-refractivity contribution in [2.45, 2.75) is 38.6 Å². The van der Waals surface area contributed by atoms with Gasteiger partial charge >= 0.3 is 0 Å².